The van der Waals surface area contributed by atoms with E-state index >= 15 is 0 Å². The smallest absolute Gasteiger partial charge is 0.325 e. The average molecular weight is 364 g/mol. The van der Waals surface area contributed by atoms with Crippen molar-refractivity contribution in [1.82, 2.24) is 9.80 Å². The summed E-state index contributed by atoms with van der Waals surface area (Å²) in [5.74, 6) is 0.787. The minimum Gasteiger partial charge on any atom is -0.496 e. The Morgan fingerprint density at radius 1 is 1.32 bits per heavy atom. The number of nitrogens with zero attached hydrogens (tertiary/aromatic N) is 2. The molecule has 0 radical (unpaired) electrons. The van der Waals surface area contributed by atoms with Crippen molar-refractivity contribution in [3.8, 4) is 17.2 Å². The number of fused-ring (bicyclic) bond motifs is 1. The molecule has 9 heteroatoms. The lowest BCUT2D eigenvalue weighted by Crippen LogP contribution is -2.33. The van der Waals surface area contributed by atoms with Crippen molar-refractivity contribution in [3.05, 3.63) is 23.4 Å². The van der Waals surface area contributed by atoms with Crippen LogP contribution in [0.5, 0.6) is 17.2 Å². The molecule has 2 aliphatic rings. The summed E-state index contributed by atoms with van der Waals surface area (Å²) in [6, 6.07) is 3.39. The highest BCUT2D eigenvalue weighted by atomic mass is 32.1. The van der Waals surface area contributed by atoms with Crippen LogP contribution < -0.4 is 14.2 Å². The van der Waals surface area contributed by atoms with Crippen LogP contribution >= 0.6 is 12.2 Å². The summed E-state index contributed by atoms with van der Waals surface area (Å²) in [6.07, 6.45) is 1.60. The van der Waals surface area contributed by atoms with Crippen LogP contribution in [0.25, 0.3) is 6.08 Å². The van der Waals surface area contributed by atoms with Gasteiger partial charge in [0.2, 0.25) is 6.79 Å². The Morgan fingerprint density at radius 2 is 2.00 bits per heavy atom. The standard InChI is InChI=1S/C16H16N2O6S/c1-17-15(20)10(18(16(17)25)7-14(19)22-3)4-9-5-12-13(24-8-23-12)6-11(9)21-2/h4-6H,7-8H2,1-3H3. The lowest BCUT2D eigenvalue weighted by atomic mass is 10.1. The predicted molar refractivity (Wildman–Crippen MR) is 91.2 cm³/mol. The quantitative estimate of drug-likeness (QED) is 0.445. The summed E-state index contributed by atoms with van der Waals surface area (Å²) in [5.41, 5.74) is 0.845. The first-order chi connectivity index (χ1) is 12.0. The van der Waals surface area contributed by atoms with Crippen LogP contribution in [-0.4, -0.2) is 61.4 Å². The summed E-state index contributed by atoms with van der Waals surface area (Å²) in [4.78, 5) is 26.9. The first-order valence-corrected chi connectivity index (χ1v) is 7.72. The molecule has 0 spiro atoms. The number of hydrogen-bond acceptors (Lipinski definition) is 7. The second-order valence-electron chi connectivity index (χ2n) is 5.29. The first kappa shape index (κ1) is 17.0. The minimum atomic E-state index is -0.506. The van der Waals surface area contributed by atoms with E-state index in [2.05, 4.69) is 4.74 Å². The molecule has 1 saturated heterocycles. The Bertz CT molecular complexity index is 791. The highest BCUT2D eigenvalue weighted by molar-refractivity contribution is 7.80. The van der Waals surface area contributed by atoms with Crippen LogP contribution in [-0.2, 0) is 14.3 Å². The molecule has 132 valence electrons. The van der Waals surface area contributed by atoms with Crippen molar-refractivity contribution in [2.45, 2.75) is 0 Å². The summed E-state index contributed by atoms with van der Waals surface area (Å²) in [6.45, 7) is -0.0388. The van der Waals surface area contributed by atoms with E-state index in [1.807, 2.05) is 0 Å². The molecule has 2 heterocycles. The van der Waals surface area contributed by atoms with Gasteiger partial charge in [0.05, 0.1) is 14.2 Å². The number of esters is 1. The molecule has 2 aliphatic heterocycles. The molecule has 0 saturated carbocycles. The number of benzene rings is 1. The molecule has 3 rings (SSSR count). The van der Waals surface area contributed by atoms with Crippen LogP contribution in [0, 0.1) is 0 Å². The normalized spacial score (nSPS) is 17.5. The fraction of sp³-hybridized carbons (Fsp3) is 0.312. The lowest BCUT2D eigenvalue weighted by molar-refractivity contribution is -0.140. The van der Waals surface area contributed by atoms with Crippen LogP contribution in [0.4, 0.5) is 0 Å². The Morgan fingerprint density at radius 3 is 2.64 bits per heavy atom. The van der Waals surface area contributed by atoms with Gasteiger partial charge >= 0.3 is 5.97 Å². The number of carbonyl (C=O) groups excluding carboxylic acids is 2. The van der Waals surface area contributed by atoms with Gasteiger partial charge in [0.15, 0.2) is 16.6 Å². The third-order valence-corrected chi connectivity index (χ3v) is 4.36. The van der Waals surface area contributed by atoms with E-state index in [4.69, 9.17) is 26.4 Å². The molecule has 1 aromatic carbocycles. The highest BCUT2D eigenvalue weighted by Crippen LogP contribution is 2.39. The van der Waals surface area contributed by atoms with E-state index in [1.54, 1.807) is 25.3 Å². The van der Waals surface area contributed by atoms with E-state index < -0.39 is 5.97 Å². The molecule has 8 nitrogen and oxygen atoms in total. The zero-order chi connectivity index (χ0) is 18.1. The summed E-state index contributed by atoms with van der Waals surface area (Å²) in [5, 5.41) is 0.223. The highest BCUT2D eigenvalue weighted by Gasteiger charge is 2.37. The summed E-state index contributed by atoms with van der Waals surface area (Å²) < 4.78 is 20.7. The molecule has 0 aromatic heterocycles. The average Bonchev–Trinajstić information content (AvgIpc) is 3.15. The van der Waals surface area contributed by atoms with Crippen molar-refractivity contribution in [2.75, 3.05) is 34.6 Å². The van der Waals surface area contributed by atoms with Crippen LogP contribution in [0.2, 0.25) is 0 Å². The van der Waals surface area contributed by atoms with Crippen LogP contribution in [0.3, 0.4) is 0 Å². The number of amides is 1. The minimum absolute atomic E-state index is 0.124. The monoisotopic (exact) mass is 364 g/mol. The van der Waals surface area contributed by atoms with Crippen molar-refractivity contribution in [2.24, 2.45) is 0 Å². The number of likely N-dealkylation sites (N-methyl/N-ethyl adjacent to an activating group) is 1. The first-order valence-electron chi connectivity index (χ1n) is 7.32. The zero-order valence-corrected chi connectivity index (χ0v) is 14.7. The summed E-state index contributed by atoms with van der Waals surface area (Å²) in [7, 11) is 4.34. The summed E-state index contributed by atoms with van der Waals surface area (Å²) >= 11 is 5.25. The molecule has 0 unspecified atom stereocenters. The maximum absolute atomic E-state index is 12.5. The fourth-order valence-electron chi connectivity index (χ4n) is 2.52. The largest absolute Gasteiger partial charge is 0.496 e. The van der Waals surface area contributed by atoms with Gasteiger partial charge in [0.1, 0.15) is 18.0 Å². The molecule has 25 heavy (non-hydrogen) atoms. The van der Waals surface area contributed by atoms with Gasteiger partial charge in [-0.3, -0.25) is 14.5 Å². The molecule has 0 bridgehead atoms. The molecule has 1 amide bonds. The third-order valence-electron chi connectivity index (χ3n) is 3.86. The molecule has 1 fully saturated rings. The fourth-order valence-corrected chi connectivity index (χ4v) is 2.77. The maximum Gasteiger partial charge on any atom is 0.325 e. The van der Waals surface area contributed by atoms with Gasteiger partial charge in [0, 0.05) is 18.7 Å². The van der Waals surface area contributed by atoms with E-state index in [0.717, 1.165) is 0 Å². The Labute approximate surface area is 149 Å². The van der Waals surface area contributed by atoms with Gasteiger partial charge in [-0.2, -0.15) is 0 Å². The number of rotatable bonds is 4. The second-order valence-corrected chi connectivity index (χ2v) is 5.65. The Balaban J connectivity index is 2.04. The van der Waals surface area contributed by atoms with Crippen molar-refractivity contribution >= 4 is 35.3 Å². The molecular weight excluding hydrogens is 348 g/mol. The lowest BCUT2D eigenvalue weighted by Gasteiger charge is -2.17. The van der Waals surface area contributed by atoms with Crippen molar-refractivity contribution in [3.63, 3.8) is 0 Å². The topological polar surface area (TPSA) is 77.5 Å². The molecular formula is C16H16N2O6S. The van der Waals surface area contributed by atoms with E-state index in [1.165, 1.54) is 24.0 Å². The Kier molecular flexibility index (Phi) is 4.49. The van der Waals surface area contributed by atoms with Crippen molar-refractivity contribution < 1.29 is 28.5 Å². The van der Waals surface area contributed by atoms with Gasteiger partial charge in [-0.15, -0.1) is 0 Å². The van der Waals surface area contributed by atoms with Gasteiger partial charge < -0.3 is 23.8 Å². The number of carbonyl (C=O) groups is 2. The molecule has 1 aromatic rings. The van der Waals surface area contributed by atoms with Crippen LogP contribution in [0.1, 0.15) is 5.56 Å². The van der Waals surface area contributed by atoms with E-state index in [-0.39, 0.29) is 30.1 Å². The SMILES string of the molecule is COC(=O)CN1C(=S)N(C)C(=O)C1=Cc1cc2c(cc1OC)OCO2. The second kappa shape index (κ2) is 6.60. The molecule has 0 atom stereocenters. The van der Waals surface area contributed by atoms with Gasteiger partial charge in [-0.1, -0.05) is 0 Å². The Hall–Kier alpha value is -2.81. The maximum atomic E-state index is 12.5. The predicted octanol–water partition coefficient (Wildman–Crippen LogP) is 0.997. The van der Waals surface area contributed by atoms with Gasteiger partial charge in [-0.05, 0) is 24.4 Å². The van der Waals surface area contributed by atoms with E-state index in [9.17, 15) is 9.59 Å². The number of methoxy groups -OCH3 is 2. The third kappa shape index (κ3) is 2.98. The van der Waals surface area contributed by atoms with Gasteiger partial charge in [-0.25, -0.2) is 0 Å². The number of hydrogen-bond donors (Lipinski definition) is 0. The molecule has 0 N–H and O–H groups in total. The van der Waals surface area contributed by atoms with Gasteiger partial charge in [0.25, 0.3) is 5.91 Å². The van der Waals surface area contributed by atoms with E-state index in [0.29, 0.717) is 22.8 Å². The number of ether oxygens (including phenoxy) is 4. The zero-order valence-electron chi connectivity index (χ0n) is 13.9. The molecule has 0 aliphatic carbocycles. The van der Waals surface area contributed by atoms with Crippen molar-refractivity contribution in [1.29, 1.82) is 0 Å². The van der Waals surface area contributed by atoms with Crippen LogP contribution in [0.15, 0.2) is 17.8 Å². The number of thiocarbonyl (C=S) groups is 1.